The van der Waals surface area contributed by atoms with Crippen LogP contribution in [0.3, 0.4) is 0 Å². The number of rotatable bonds is 8. The first-order valence-electron chi connectivity index (χ1n) is 7.81. The van der Waals surface area contributed by atoms with Crippen molar-refractivity contribution < 1.29 is 19.1 Å². The van der Waals surface area contributed by atoms with E-state index in [1.165, 1.54) is 6.08 Å². The van der Waals surface area contributed by atoms with Gasteiger partial charge in [-0.1, -0.05) is 24.8 Å². The zero-order valence-electron chi connectivity index (χ0n) is 14.7. The van der Waals surface area contributed by atoms with Crippen molar-refractivity contribution in [2.75, 3.05) is 20.2 Å². The fraction of sp³-hybridized carbons (Fsp3) is 0.421. The van der Waals surface area contributed by atoms with Crippen molar-refractivity contribution in [3.8, 4) is 11.8 Å². The minimum absolute atomic E-state index is 0.442. The standard InChI is InChI=1S/C19H25NO4/c1-5-20(14-8-6-7-13-19(2,3)23-4)15-17-10-9-16(24-17)11-12-18(21)22/h6,8-12H,5,14-15H2,1-4H3,(H,21,22)/b8-6+,12-11+. The van der Waals surface area contributed by atoms with Crippen LogP contribution in [-0.4, -0.2) is 41.8 Å². The maximum atomic E-state index is 10.5. The van der Waals surface area contributed by atoms with E-state index in [4.69, 9.17) is 14.3 Å². The molecule has 0 aliphatic rings. The number of hydrogen-bond donors (Lipinski definition) is 1. The summed E-state index contributed by atoms with van der Waals surface area (Å²) in [7, 11) is 1.64. The third-order valence-electron chi connectivity index (χ3n) is 3.35. The second kappa shape index (κ2) is 9.76. The summed E-state index contributed by atoms with van der Waals surface area (Å²) in [4.78, 5) is 12.7. The summed E-state index contributed by atoms with van der Waals surface area (Å²) in [6.07, 6.45) is 6.32. The normalized spacial score (nSPS) is 12.0. The molecule has 0 aliphatic heterocycles. The average Bonchev–Trinajstić information content (AvgIpc) is 2.99. The molecule has 0 spiro atoms. The van der Waals surface area contributed by atoms with Crippen LogP contribution in [0.25, 0.3) is 6.08 Å². The number of allylic oxidation sites excluding steroid dienone is 1. The van der Waals surface area contributed by atoms with Crippen LogP contribution in [0.4, 0.5) is 0 Å². The van der Waals surface area contributed by atoms with Crippen LogP contribution < -0.4 is 0 Å². The minimum Gasteiger partial charge on any atom is -0.478 e. The molecule has 1 aromatic heterocycles. The van der Waals surface area contributed by atoms with E-state index < -0.39 is 11.6 Å². The number of carboxylic acid groups (broad SMARTS) is 1. The highest BCUT2D eigenvalue weighted by atomic mass is 16.5. The van der Waals surface area contributed by atoms with E-state index in [1.54, 1.807) is 13.2 Å². The van der Waals surface area contributed by atoms with Crippen molar-refractivity contribution in [1.82, 2.24) is 4.90 Å². The lowest BCUT2D eigenvalue weighted by molar-refractivity contribution is -0.131. The molecule has 24 heavy (non-hydrogen) atoms. The first-order valence-corrected chi connectivity index (χ1v) is 7.81. The number of methoxy groups -OCH3 is 1. The number of furan rings is 1. The third kappa shape index (κ3) is 7.82. The van der Waals surface area contributed by atoms with Crippen molar-refractivity contribution in [3.63, 3.8) is 0 Å². The average molecular weight is 331 g/mol. The van der Waals surface area contributed by atoms with Gasteiger partial charge < -0.3 is 14.3 Å². The molecule has 1 aromatic rings. The highest BCUT2D eigenvalue weighted by molar-refractivity contribution is 5.84. The van der Waals surface area contributed by atoms with Gasteiger partial charge in [-0.3, -0.25) is 4.90 Å². The maximum absolute atomic E-state index is 10.5. The summed E-state index contributed by atoms with van der Waals surface area (Å²) < 4.78 is 10.8. The van der Waals surface area contributed by atoms with Crippen LogP contribution in [0.2, 0.25) is 0 Å². The Morgan fingerprint density at radius 3 is 2.83 bits per heavy atom. The van der Waals surface area contributed by atoms with Gasteiger partial charge in [0, 0.05) is 19.7 Å². The van der Waals surface area contributed by atoms with E-state index in [2.05, 4.69) is 23.7 Å². The van der Waals surface area contributed by atoms with Gasteiger partial charge in [-0.2, -0.15) is 0 Å². The van der Waals surface area contributed by atoms with Gasteiger partial charge in [-0.05, 0) is 44.7 Å². The maximum Gasteiger partial charge on any atom is 0.328 e. The lowest BCUT2D eigenvalue weighted by Gasteiger charge is -2.16. The van der Waals surface area contributed by atoms with Crippen molar-refractivity contribution in [3.05, 3.63) is 41.9 Å². The van der Waals surface area contributed by atoms with Crippen molar-refractivity contribution in [1.29, 1.82) is 0 Å². The second-order valence-corrected chi connectivity index (χ2v) is 5.69. The second-order valence-electron chi connectivity index (χ2n) is 5.69. The Morgan fingerprint density at radius 1 is 1.46 bits per heavy atom. The quantitative estimate of drug-likeness (QED) is 0.585. The molecule has 0 atom stereocenters. The van der Waals surface area contributed by atoms with Gasteiger partial charge in [0.2, 0.25) is 0 Å². The molecule has 5 heteroatoms. The molecule has 0 unspecified atom stereocenters. The Morgan fingerprint density at radius 2 is 2.21 bits per heavy atom. The monoisotopic (exact) mass is 331 g/mol. The summed E-state index contributed by atoms with van der Waals surface area (Å²) >= 11 is 0. The van der Waals surface area contributed by atoms with Crippen LogP contribution in [0.15, 0.2) is 34.8 Å². The van der Waals surface area contributed by atoms with Crippen molar-refractivity contribution >= 4 is 12.0 Å². The molecule has 0 saturated carbocycles. The van der Waals surface area contributed by atoms with Crippen LogP contribution in [-0.2, 0) is 16.1 Å². The third-order valence-corrected chi connectivity index (χ3v) is 3.35. The van der Waals surface area contributed by atoms with Crippen LogP contribution >= 0.6 is 0 Å². The van der Waals surface area contributed by atoms with Gasteiger partial charge in [0.25, 0.3) is 0 Å². The van der Waals surface area contributed by atoms with E-state index in [1.807, 2.05) is 32.1 Å². The highest BCUT2D eigenvalue weighted by Crippen LogP contribution is 2.12. The molecule has 0 radical (unpaired) electrons. The number of hydrogen-bond acceptors (Lipinski definition) is 4. The number of carbonyl (C=O) groups is 1. The number of nitrogens with zero attached hydrogens (tertiary/aromatic N) is 1. The summed E-state index contributed by atoms with van der Waals surface area (Å²) in [6.45, 7) is 8.17. The van der Waals surface area contributed by atoms with E-state index in [9.17, 15) is 4.79 Å². The van der Waals surface area contributed by atoms with Crippen LogP contribution in [0.1, 0.15) is 32.3 Å². The first-order chi connectivity index (χ1) is 11.4. The van der Waals surface area contributed by atoms with Crippen LogP contribution in [0.5, 0.6) is 0 Å². The lowest BCUT2D eigenvalue weighted by atomic mass is 10.1. The molecule has 130 valence electrons. The van der Waals surface area contributed by atoms with E-state index in [0.717, 1.165) is 24.9 Å². The predicted octanol–water partition coefficient (Wildman–Crippen LogP) is 3.18. The highest BCUT2D eigenvalue weighted by Gasteiger charge is 2.10. The molecular weight excluding hydrogens is 306 g/mol. The Balaban J connectivity index is 2.55. The van der Waals surface area contributed by atoms with Gasteiger partial charge in [0.1, 0.15) is 17.1 Å². The fourth-order valence-corrected chi connectivity index (χ4v) is 1.78. The zero-order valence-corrected chi connectivity index (χ0v) is 14.7. The number of carboxylic acids is 1. The molecule has 5 nitrogen and oxygen atoms in total. The molecule has 0 aromatic carbocycles. The number of ether oxygens (including phenoxy) is 1. The molecule has 0 aliphatic carbocycles. The van der Waals surface area contributed by atoms with Gasteiger partial charge in [-0.25, -0.2) is 4.79 Å². The molecule has 0 bridgehead atoms. The van der Waals surface area contributed by atoms with Gasteiger partial charge in [0.15, 0.2) is 0 Å². The predicted molar refractivity (Wildman–Crippen MR) is 94.3 cm³/mol. The lowest BCUT2D eigenvalue weighted by Crippen LogP contribution is -2.22. The largest absolute Gasteiger partial charge is 0.478 e. The Labute approximate surface area is 143 Å². The number of aliphatic carboxylic acids is 1. The van der Waals surface area contributed by atoms with Gasteiger partial charge in [-0.15, -0.1) is 0 Å². The minimum atomic E-state index is -0.994. The summed E-state index contributed by atoms with van der Waals surface area (Å²) in [5.74, 6) is 6.34. The molecule has 0 fully saturated rings. The van der Waals surface area contributed by atoms with Crippen LogP contribution in [0, 0.1) is 11.8 Å². The molecule has 0 amide bonds. The zero-order chi connectivity index (χ0) is 18.0. The first kappa shape index (κ1) is 19.8. The van der Waals surface area contributed by atoms with Gasteiger partial charge >= 0.3 is 5.97 Å². The fourth-order valence-electron chi connectivity index (χ4n) is 1.78. The molecule has 0 saturated heterocycles. The van der Waals surface area contributed by atoms with Crippen molar-refractivity contribution in [2.24, 2.45) is 0 Å². The molecule has 1 N–H and O–H groups in total. The Bertz CT molecular complexity index is 644. The van der Waals surface area contributed by atoms with Gasteiger partial charge in [0.05, 0.1) is 6.54 Å². The van der Waals surface area contributed by atoms with E-state index in [-0.39, 0.29) is 0 Å². The van der Waals surface area contributed by atoms with E-state index in [0.29, 0.717) is 12.3 Å². The summed E-state index contributed by atoms with van der Waals surface area (Å²) in [5.41, 5.74) is -0.442. The Kier molecular flexibility index (Phi) is 8.03. The smallest absolute Gasteiger partial charge is 0.328 e. The molecule has 1 heterocycles. The molecule has 1 rings (SSSR count). The van der Waals surface area contributed by atoms with E-state index >= 15 is 0 Å². The topological polar surface area (TPSA) is 62.9 Å². The SMILES string of the molecule is CCN(C/C=C/C#CC(C)(C)OC)Cc1ccc(/C=C/C(=O)O)o1. The number of likely N-dealkylation sites (N-methyl/N-ethyl adjacent to an activating group) is 1. The Hall–Kier alpha value is -2.29. The summed E-state index contributed by atoms with van der Waals surface area (Å²) in [6, 6.07) is 3.62. The molecular formula is C19H25NO4. The summed E-state index contributed by atoms with van der Waals surface area (Å²) in [5, 5.41) is 8.61. The van der Waals surface area contributed by atoms with Crippen molar-refractivity contribution in [2.45, 2.75) is 32.9 Å².